The molecule has 0 saturated carbocycles. The van der Waals surface area contributed by atoms with Crippen molar-refractivity contribution < 1.29 is 0 Å². The maximum atomic E-state index is 5.87. The molecular formula is C13H22N6. The standard InChI is InChI=1S/C13H22N6/c1-2-10-6-5-9-19(10)13-16-11(14)15-12(17-13)18-7-3-4-8-18/h10H,2-9H2,1H3,(H2,14,15,16,17). The smallest absolute Gasteiger partial charge is 0.232 e. The first-order chi connectivity index (χ1) is 9.28. The summed E-state index contributed by atoms with van der Waals surface area (Å²) in [4.78, 5) is 17.8. The number of hydrogen-bond acceptors (Lipinski definition) is 6. The maximum absolute atomic E-state index is 5.87. The number of hydrogen-bond donors (Lipinski definition) is 1. The van der Waals surface area contributed by atoms with Gasteiger partial charge in [0.05, 0.1) is 0 Å². The Balaban J connectivity index is 1.88. The molecule has 3 heterocycles. The summed E-state index contributed by atoms with van der Waals surface area (Å²) < 4.78 is 0. The predicted molar refractivity (Wildman–Crippen MR) is 76.3 cm³/mol. The molecule has 6 heteroatoms. The van der Waals surface area contributed by atoms with E-state index in [4.69, 9.17) is 5.73 Å². The number of nitrogens with two attached hydrogens (primary N) is 1. The average Bonchev–Trinajstić information content (AvgIpc) is 3.09. The Hall–Kier alpha value is -1.59. The van der Waals surface area contributed by atoms with E-state index in [-0.39, 0.29) is 0 Å². The van der Waals surface area contributed by atoms with Gasteiger partial charge in [0.1, 0.15) is 0 Å². The summed E-state index contributed by atoms with van der Waals surface area (Å²) in [5.41, 5.74) is 5.87. The second-order valence-corrected chi connectivity index (χ2v) is 5.39. The first-order valence-corrected chi connectivity index (χ1v) is 7.31. The van der Waals surface area contributed by atoms with E-state index in [1.165, 1.54) is 25.7 Å². The van der Waals surface area contributed by atoms with E-state index in [1.807, 2.05) is 0 Å². The van der Waals surface area contributed by atoms with Gasteiger partial charge in [0.2, 0.25) is 17.8 Å². The fourth-order valence-electron chi connectivity index (χ4n) is 3.08. The molecule has 104 valence electrons. The Morgan fingerprint density at radius 2 is 1.79 bits per heavy atom. The number of nitrogen functional groups attached to an aromatic ring is 1. The van der Waals surface area contributed by atoms with Crippen molar-refractivity contribution in [2.75, 3.05) is 35.2 Å². The molecule has 1 unspecified atom stereocenters. The minimum atomic E-state index is 0.341. The molecule has 2 aliphatic heterocycles. The number of anilines is 3. The molecule has 0 spiro atoms. The van der Waals surface area contributed by atoms with E-state index < -0.39 is 0 Å². The van der Waals surface area contributed by atoms with Gasteiger partial charge in [-0.15, -0.1) is 0 Å². The van der Waals surface area contributed by atoms with Crippen LogP contribution in [0.25, 0.3) is 0 Å². The summed E-state index contributed by atoms with van der Waals surface area (Å²) >= 11 is 0. The van der Waals surface area contributed by atoms with E-state index in [0.29, 0.717) is 12.0 Å². The number of nitrogens with zero attached hydrogens (tertiary/aromatic N) is 5. The van der Waals surface area contributed by atoms with E-state index in [0.717, 1.165) is 38.0 Å². The zero-order chi connectivity index (χ0) is 13.2. The zero-order valence-electron chi connectivity index (χ0n) is 11.5. The monoisotopic (exact) mass is 262 g/mol. The highest BCUT2D eigenvalue weighted by molar-refractivity contribution is 5.45. The summed E-state index contributed by atoms with van der Waals surface area (Å²) in [6, 6.07) is 0.549. The fourth-order valence-corrected chi connectivity index (χ4v) is 3.08. The van der Waals surface area contributed by atoms with Crippen molar-refractivity contribution in [1.29, 1.82) is 0 Å². The molecule has 0 aromatic carbocycles. The third kappa shape index (κ3) is 2.43. The minimum absolute atomic E-state index is 0.341. The molecule has 0 radical (unpaired) electrons. The first kappa shape index (κ1) is 12.4. The van der Waals surface area contributed by atoms with Crippen LogP contribution in [0.4, 0.5) is 17.8 Å². The molecule has 2 aliphatic rings. The largest absolute Gasteiger partial charge is 0.368 e. The molecule has 1 aromatic heterocycles. The van der Waals surface area contributed by atoms with Crippen LogP contribution in [0.15, 0.2) is 0 Å². The molecule has 0 aliphatic carbocycles. The fraction of sp³-hybridized carbons (Fsp3) is 0.769. The second kappa shape index (κ2) is 5.19. The Morgan fingerprint density at radius 3 is 2.53 bits per heavy atom. The lowest BCUT2D eigenvalue weighted by Gasteiger charge is -2.25. The SMILES string of the molecule is CCC1CCCN1c1nc(N)nc(N2CCCC2)n1. The van der Waals surface area contributed by atoms with Crippen molar-refractivity contribution >= 4 is 17.8 Å². The molecule has 2 N–H and O–H groups in total. The Bertz CT molecular complexity index is 443. The topological polar surface area (TPSA) is 71.2 Å². The summed E-state index contributed by atoms with van der Waals surface area (Å²) in [7, 11) is 0. The predicted octanol–water partition coefficient (Wildman–Crippen LogP) is 1.43. The lowest BCUT2D eigenvalue weighted by molar-refractivity contribution is 0.633. The van der Waals surface area contributed by atoms with Crippen LogP contribution >= 0.6 is 0 Å². The van der Waals surface area contributed by atoms with Gasteiger partial charge < -0.3 is 15.5 Å². The quantitative estimate of drug-likeness (QED) is 0.888. The van der Waals surface area contributed by atoms with Crippen molar-refractivity contribution in [3.8, 4) is 0 Å². The molecule has 6 nitrogen and oxygen atoms in total. The summed E-state index contributed by atoms with van der Waals surface area (Å²) in [6.45, 7) is 5.30. The van der Waals surface area contributed by atoms with Gasteiger partial charge in [-0.05, 0) is 32.1 Å². The Kier molecular flexibility index (Phi) is 3.40. The van der Waals surface area contributed by atoms with E-state index in [9.17, 15) is 0 Å². The van der Waals surface area contributed by atoms with Crippen LogP contribution in [-0.4, -0.2) is 40.6 Å². The third-order valence-corrected chi connectivity index (χ3v) is 4.12. The van der Waals surface area contributed by atoms with Crippen LogP contribution in [0.2, 0.25) is 0 Å². The third-order valence-electron chi connectivity index (χ3n) is 4.12. The van der Waals surface area contributed by atoms with Gasteiger partial charge in [0, 0.05) is 25.7 Å². The molecule has 2 fully saturated rings. The highest BCUT2D eigenvalue weighted by Crippen LogP contribution is 2.26. The van der Waals surface area contributed by atoms with Crippen LogP contribution < -0.4 is 15.5 Å². The van der Waals surface area contributed by atoms with Crippen molar-refractivity contribution in [3.05, 3.63) is 0 Å². The molecule has 0 amide bonds. The van der Waals surface area contributed by atoms with E-state index >= 15 is 0 Å². The Labute approximate surface area is 114 Å². The number of rotatable bonds is 3. The van der Waals surface area contributed by atoms with Crippen molar-refractivity contribution in [2.45, 2.75) is 45.1 Å². The van der Waals surface area contributed by atoms with Gasteiger partial charge in [-0.3, -0.25) is 0 Å². The van der Waals surface area contributed by atoms with E-state index in [2.05, 4.69) is 31.7 Å². The number of aromatic nitrogens is 3. The lowest BCUT2D eigenvalue weighted by Crippen LogP contribution is -2.31. The average molecular weight is 262 g/mol. The molecule has 19 heavy (non-hydrogen) atoms. The van der Waals surface area contributed by atoms with Crippen LogP contribution in [0.5, 0.6) is 0 Å². The highest BCUT2D eigenvalue weighted by Gasteiger charge is 2.27. The maximum Gasteiger partial charge on any atom is 0.232 e. The van der Waals surface area contributed by atoms with Crippen molar-refractivity contribution in [3.63, 3.8) is 0 Å². The van der Waals surface area contributed by atoms with E-state index in [1.54, 1.807) is 0 Å². The van der Waals surface area contributed by atoms with Crippen LogP contribution in [0.3, 0.4) is 0 Å². The highest BCUT2D eigenvalue weighted by atomic mass is 15.4. The second-order valence-electron chi connectivity index (χ2n) is 5.39. The minimum Gasteiger partial charge on any atom is -0.368 e. The first-order valence-electron chi connectivity index (χ1n) is 7.31. The van der Waals surface area contributed by atoms with Gasteiger partial charge in [-0.25, -0.2) is 0 Å². The van der Waals surface area contributed by atoms with Crippen LogP contribution in [0.1, 0.15) is 39.0 Å². The zero-order valence-corrected chi connectivity index (χ0v) is 11.5. The molecule has 2 saturated heterocycles. The summed E-state index contributed by atoms with van der Waals surface area (Å²) in [5, 5.41) is 0. The van der Waals surface area contributed by atoms with Gasteiger partial charge in [-0.2, -0.15) is 15.0 Å². The molecular weight excluding hydrogens is 240 g/mol. The van der Waals surface area contributed by atoms with Crippen LogP contribution in [-0.2, 0) is 0 Å². The Morgan fingerprint density at radius 1 is 1.05 bits per heavy atom. The normalized spacial score (nSPS) is 23.3. The molecule has 1 atom stereocenters. The van der Waals surface area contributed by atoms with Gasteiger partial charge >= 0.3 is 0 Å². The summed E-state index contributed by atoms with van der Waals surface area (Å²) in [6.07, 6.45) is 5.99. The lowest BCUT2D eigenvalue weighted by atomic mass is 10.2. The van der Waals surface area contributed by atoms with Gasteiger partial charge in [-0.1, -0.05) is 6.92 Å². The van der Waals surface area contributed by atoms with Crippen molar-refractivity contribution in [2.24, 2.45) is 0 Å². The van der Waals surface area contributed by atoms with Crippen molar-refractivity contribution in [1.82, 2.24) is 15.0 Å². The molecule has 0 bridgehead atoms. The van der Waals surface area contributed by atoms with Gasteiger partial charge in [0.25, 0.3) is 0 Å². The summed E-state index contributed by atoms with van der Waals surface area (Å²) in [5.74, 6) is 1.86. The molecule has 1 aromatic rings. The molecule has 3 rings (SSSR count). The van der Waals surface area contributed by atoms with Gasteiger partial charge in [0.15, 0.2) is 0 Å². The van der Waals surface area contributed by atoms with Crippen LogP contribution in [0, 0.1) is 0 Å².